The summed E-state index contributed by atoms with van der Waals surface area (Å²) in [6.07, 6.45) is 1.39. The molecule has 144 valence electrons. The van der Waals surface area contributed by atoms with Crippen molar-refractivity contribution in [3.05, 3.63) is 23.0 Å². The summed E-state index contributed by atoms with van der Waals surface area (Å²) in [7, 11) is -3.55. The Hall–Kier alpha value is -1.26. The van der Waals surface area contributed by atoms with Crippen LogP contribution in [-0.2, 0) is 16.7 Å². The van der Waals surface area contributed by atoms with Crippen LogP contribution in [0, 0.1) is 4.84 Å². The number of β-amino-alcohol motifs (C(OH)–C–C–N with tert-alkyl or cyclic N) is 1. The first-order chi connectivity index (χ1) is 12.4. The number of hydrogen-bond acceptors (Lipinski definition) is 6. The van der Waals surface area contributed by atoms with Crippen LogP contribution in [0.3, 0.4) is 0 Å². The van der Waals surface area contributed by atoms with Gasteiger partial charge in [0.25, 0.3) is 4.84 Å². The highest BCUT2D eigenvalue weighted by Crippen LogP contribution is 2.25. The molecule has 1 saturated heterocycles. The number of nitrogens with zero attached hydrogens (tertiary/aromatic N) is 3. The summed E-state index contributed by atoms with van der Waals surface area (Å²) in [5.74, 6) is 0. The number of sulfonamides is 1. The Bertz CT molecular complexity index is 931. The number of piperidine rings is 1. The number of benzene rings is 1. The zero-order valence-electron chi connectivity index (χ0n) is 15.1. The van der Waals surface area contributed by atoms with Crippen LogP contribution in [0.4, 0.5) is 0 Å². The Kier molecular flexibility index (Phi) is 5.83. The molecular formula is C17H25N3O4S2. The fraction of sp³-hybridized carbons (Fsp3) is 0.588. The highest BCUT2D eigenvalue weighted by molar-refractivity contribution is 7.89. The number of oxazole rings is 1. The Morgan fingerprint density at radius 1 is 1.35 bits per heavy atom. The van der Waals surface area contributed by atoms with Crippen LogP contribution in [0.5, 0.6) is 0 Å². The summed E-state index contributed by atoms with van der Waals surface area (Å²) < 4.78 is 34.5. The molecule has 1 aliphatic rings. The number of aliphatic hydroxyl groups is 1. The highest BCUT2D eigenvalue weighted by Gasteiger charge is 2.24. The summed E-state index contributed by atoms with van der Waals surface area (Å²) in [6, 6.07) is 4.84. The second-order valence-electron chi connectivity index (χ2n) is 6.53. The van der Waals surface area contributed by atoms with E-state index in [-0.39, 0.29) is 11.0 Å². The van der Waals surface area contributed by atoms with Crippen LogP contribution < -0.4 is 0 Å². The molecule has 1 aliphatic heterocycles. The van der Waals surface area contributed by atoms with E-state index in [4.69, 9.17) is 16.6 Å². The zero-order chi connectivity index (χ0) is 18.9. The van der Waals surface area contributed by atoms with Crippen LogP contribution in [0.15, 0.2) is 27.5 Å². The van der Waals surface area contributed by atoms with E-state index < -0.39 is 10.0 Å². The van der Waals surface area contributed by atoms with Gasteiger partial charge in [-0.2, -0.15) is 4.31 Å². The minimum Gasteiger partial charge on any atom is -0.429 e. The van der Waals surface area contributed by atoms with Crippen LogP contribution in [0.25, 0.3) is 11.1 Å². The standard InChI is InChI=1S/C17H25N3O4S2/c1-3-19(4-2)26(22,23)14-7-8-16-15(10-14)20(17(25)24-16)12-18-9-5-6-13(21)11-18/h7-8,10,13,21H,3-6,9,11-12H2,1-2H3/t13-/m0/s1. The van der Waals surface area contributed by atoms with Crippen LogP contribution in [0.2, 0.25) is 0 Å². The first-order valence-corrected chi connectivity index (χ1v) is 10.8. The van der Waals surface area contributed by atoms with Gasteiger partial charge >= 0.3 is 0 Å². The van der Waals surface area contributed by atoms with Crippen LogP contribution in [-0.4, -0.2) is 59.6 Å². The van der Waals surface area contributed by atoms with Gasteiger partial charge in [0.05, 0.1) is 23.2 Å². The molecule has 3 rings (SSSR count). The maximum Gasteiger partial charge on any atom is 0.270 e. The molecule has 0 unspecified atom stereocenters. The Labute approximate surface area is 158 Å². The van der Waals surface area contributed by atoms with E-state index in [1.807, 2.05) is 13.8 Å². The molecule has 9 heteroatoms. The monoisotopic (exact) mass is 399 g/mol. The molecule has 0 bridgehead atoms. The molecule has 7 nitrogen and oxygen atoms in total. The molecule has 1 N–H and O–H groups in total. The molecule has 1 aromatic carbocycles. The number of rotatable bonds is 6. The maximum absolute atomic E-state index is 12.8. The lowest BCUT2D eigenvalue weighted by atomic mass is 10.1. The number of aliphatic hydroxyl groups excluding tert-OH is 1. The van der Waals surface area contributed by atoms with Crippen LogP contribution >= 0.6 is 12.2 Å². The van der Waals surface area contributed by atoms with Gasteiger partial charge in [-0.3, -0.25) is 9.47 Å². The molecule has 1 atom stereocenters. The first-order valence-electron chi connectivity index (χ1n) is 8.90. The molecule has 0 aliphatic carbocycles. The predicted molar refractivity (Wildman–Crippen MR) is 102 cm³/mol. The zero-order valence-corrected chi connectivity index (χ0v) is 16.7. The topological polar surface area (TPSA) is 78.9 Å². The molecule has 26 heavy (non-hydrogen) atoms. The highest BCUT2D eigenvalue weighted by atomic mass is 32.2. The van der Waals surface area contributed by atoms with Crippen molar-refractivity contribution in [1.82, 2.24) is 13.8 Å². The van der Waals surface area contributed by atoms with Crippen molar-refractivity contribution >= 4 is 33.3 Å². The van der Waals surface area contributed by atoms with Crippen molar-refractivity contribution in [3.8, 4) is 0 Å². The molecule has 2 heterocycles. The minimum atomic E-state index is -3.55. The number of fused-ring (bicyclic) bond motifs is 1. The first kappa shape index (κ1) is 19.5. The van der Waals surface area contributed by atoms with Gasteiger partial charge in [-0.15, -0.1) is 0 Å². The molecule has 0 radical (unpaired) electrons. The van der Waals surface area contributed by atoms with Gasteiger partial charge in [-0.1, -0.05) is 13.8 Å². The van der Waals surface area contributed by atoms with E-state index >= 15 is 0 Å². The quantitative estimate of drug-likeness (QED) is 0.752. The normalized spacial score (nSPS) is 19.5. The van der Waals surface area contributed by atoms with Crippen molar-refractivity contribution in [3.63, 3.8) is 0 Å². The van der Waals surface area contributed by atoms with E-state index in [0.29, 0.717) is 42.2 Å². The molecular weight excluding hydrogens is 374 g/mol. The van der Waals surface area contributed by atoms with Gasteiger partial charge in [-0.25, -0.2) is 8.42 Å². The molecule has 0 spiro atoms. The SMILES string of the molecule is CCN(CC)S(=O)(=O)c1ccc2oc(=S)n(CN3CCC[C@H](O)C3)c2c1. The van der Waals surface area contributed by atoms with Crippen molar-refractivity contribution in [2.75, 3.05) is 26.2 Å². The van der Waals surface area contributed by atoms with Gasteiger partial charge < -0.3 is 9.52 Å². The van der Waals surface area contributed by atoms with Gasteiger partial charge in [0, 0.05) is 26.2 Å². The van der Waals surface area contributed by atoms with Gasteiger partial charge in [0.15, 0.2) is 5.58 Å². The minimum absolute atomic E-state index is 0.233. The smallest absolute Gasteiger partial charge is 0.270 e. The van der Waals surface area contributed by atoms with Crippen molar-refractivity contribution in [2.24, 2.45) is 0 Å². The Balaban J connectivity index is 2.00. The third-order valence-electron chi connectivity index (χ3n) is 4.80. The summed E-state index contributed by atoms with van der Waals surface area (Å²) in [4.78, 5) is 2.64. The lowest BCUT2D eigenvalue weighted by Gasteiger charge is -2.30. The summed E-state index contributed by atoms with van der Waals surface area (Å²) in [5.41, 5.74) is 1.22. The van der Waals surface area contributed by atoms with Gasteiger partial charge in [0.2, 0.25) is 10.0 Å². The van der Waals surface area contributed by atoms with E-state index in [0.717, 1.165) is 19.4 Å². The Morgan fingerprint density at radius 3 is 2.73 bits per heavy atom. The second-order valence-corrected chi connectivity index (χ2v) is 8.82. The van der Waals surface area contributed by atoms with Crippen molar-refractivity contribution in [2.45, 2.75) is 44.4 Å². The van der Waals surface area contributed by atoms with Gasteiger partial charge in [-0.05, 0) is 43.3 Å². The van der Waals surface area contributed by atoms with E-state index in [1.54, 1.807) is 22.8 Å². The predicted octanol–water partition coefficient (Wildman–Crippen LogP) is 2.41. The van der Waals surface area contributed by atoms with E-state index in [9.17, 15) is 13.5 Å². The number of hydrogen-bond donors (Lipinski definition) is 1. The fourth-order valence-corrected chi connectivity index (χ4v) is 5.13. The van der Waals surface area contributed by atoms with Crippen LogP contribution in [0.1, 0.15) is 26.7 Å². The van der Waals surface area contributed by atoms with E-state index in [1.165, 1.54) is 4.31 Å². The third-order valence-corrected chi connectivity index (χ3v) is 7.15. The number of aromatic nitrogens is 1. The fourth-order valence-electron chi connectivity index (χ4n) is 3.41. The summed E-state index contributed by atoms with van der Waals surface area (Å²) >= 11 is 5.33. The molecule has 1 aromatic heterocycles. The Morgan fingerprint density at radius 2 is 2.08 bits per heavy atom. The lowest BCUT2D eigenvalue weighted by molar-refractivity contribution is 0.0542. The van der Waals surface area contributed by atoms with Crippen molar-refractivity contribution < 1.29 is 17.9 Å². The van der Waals surface area contributed by atoms with E-state index in [2.05, 4.69) is 4.90 Å². The summed E-state index contributed by atoms with van der Waals surface area (Å²) in [5, 5.41) is 9.87. The average molecular weight is 400 g/mol. The molecule has 2 aromatic rings. The summed E-state index contributed by atoms with van der Waals surface area (Å²) in [6.45, 7) is 6.38. The molecule has 0 saturated carbocycles. The average Bonchev–Trinajstić information content (AvgIpc) is 2.91. The molecule has 1 fully saturated rings. The molecule has 0 amide bonds. The largest absolute Gasteiger partial charge is 0.429 e. The lowest BCUT2D eigenvalue weighted by Crippen LogP contribution is -2.39. The van der Waals surface area contributed by atoms with Crippen molar-refractivity contribution in [1.29, 1.82) is 0 Å². The third kappa shape index (κ3) is 3.72. The second kappa shape index (κ2) is 7.77. The van der Waals surface area contributed by atoms with Gasteiger partial charge in [0.1, 0.15) is 0 Å². The number of likely N-dealkylation sites (tertiary alicyclic amines) is 1. The maximum atomic E-state index is 12.8.